The van der Waals surface area contributed by atoms with Gasteiger partial charge in [0.1, 0.15) is 0 Å². The molecule has 0 fully saturated rings. The largest absolute Gasteiger partial charge is 0.394 e. The number of carbonyl (C=O) groups is 1. The zero-order valence-corrected chi connectivity index (χ0v) is 12.8. The van der Waals surface area contributed by atoms with Gasteiger partial charge >= 0.3 is 0 Å². The fraction of sp³-hybridized carbons (Fsp3) is 0.562. The quantitative estimate of drug-likeness (QED) is 0.877. The van der Waals surface area contributed by atoms with Crippen molar-refractivity contribution in [3.05, 3.63) is 33.4 Å². The van der Waals surface area contributed by atoms with Gasteiger partial charge in [-0.2, -0.15) is 0 Å². The third kappa shape index (κ3) is 2.98. The van der Waals surface area contributed by atoms with Crippen LogP contribution >= 0.6 is 0 Å². The van der Waals surface area contributed by atoms with Crippen molar-refractivity contribution in [3.63, 3.8) is 0 Å². The van der Waals surface area contributed by atoms with E-state index >= 15 is 0 Å². The molecule has 0 aliphatic heterocycles. The molecule has 0 saturated heterocycles. The van der Waals surface area contributed by atoms with Crippen LogP contribution in [0.25, 0.3) is 0 Å². The van der Waals surface area contributed by atoms with Gasteiger partial charge in [-0.3, -0.25) is 4.79 Å². The minimum atomic E-state index is -0.173. The minimum absolute atomic E-state index is 0.0236. The second kappa shape index (κ2) is 6.20. The van der Waals surface area contributed by atoms with Crippen LogP contribution in [-0.4, -0.2) is 23.7 Å². The number of amides is 1. The lowest BCUT2D eigenvalue weighted by molar-refractivity contribution is 0.0913. The molecule has 0 aromatic heterocycles. The first-order valence-corrected chi connectivity index (χ1v) is 6.83. The normalized spacial score (nSPS) is 12.4. The number of carbonyl (C=O) groups excluding carboxylic acids is 1. The van der Waals surface area contributed by atoms with E-state index in [0.29, 0.717) is 0 Å². The van der Waals surface area contributed by atoms with Crippen molar-refractivity contribution in [1.82, 2.24) is 5.32 Å². The Hall–Kier alpha value is -1.35. The molecule has 0 unspecified atom stereocenters. The van der Waals surface area contributed by atoms with E-state index in [0.717, 1.165) is 23.1 Å². The molecule has 0 aliphatic rings. The Labute approximate surface area is 116 Å². The van der Waals surface area contributed by atoms with Crippen molar-refractivity contribution in [3.8, 4) is 0 Å². The number of rotatable bonds is 4. The van der Waals surface area contributed by atoms with Crippen LogP contribution in [0.2, 0.25) is 0 Å². The predicted molar refractivity (Wildman–Crippen MR) is 78.8 cm³/mol. The Kier molecular flexibility index (Phi) is 5.12. The summed E-state index contributed by atoms with van der Waals surface area (Å²) in [5.74, 6) is -0.0814. The molecule has 106 valence electrons. The van der Waals surface area contributed by atoms with Gasteiger partial charge in [0.05, 0.1) is 12.6 Å². The van der Waals surface area contributed by atoms with Crippen molar-refractivity contribution < 1.29 is 9.90 Å². The summed E-state index contributed by atoms with van der Waals surface area (Å²) in [6.45, 7) is 12.1. The molecule has 0 heterocycles. The van der Waals surface area contributed by atoms with E-state index in [2.05, 4.69) is 26.1 Å². The maximum Gasteiger partial charge on any atom is 0.252 e. The van der Waals surface area contributed by atoms with Crippen LogP contribution in [0.3, 0.4) is 0 Å². The van der Waals surface area contributed by atoms with Gasteiger partial charge in [0.25, 0.3) is 5.91 Å². The second-order valence-corrected chi connectivity index (χ2v) is 5.26. The molecule has 3 nitrogen and oxygen atoms in total. The highest BCUT2D eigenvalue weighted by Gasteiger charge is 2.19. The molecular weight excluding hydrogens is 238 g/mol. The Bertz CT molecular complexity index is 459. The van der Waals surface area contributed by atoms with Crippen molar-refractivity contribution in [1.29, 1.82) is 0 Å². The first-order chi connectivity index (χ1) is 8.84. The Morgan fingerprint density at radius 1 is 1.00 bits per heavy atom. The number of benzene rings is 1. The molecule has 2 N–H and O–H groups in total. The van der Waals surface area contributed by atoms with Crippen LogP contribution in [0.15, 0.2) is 0 Å². The van der Waals surface area contributed by atoms with E-state index in [1.54, 1.807) is 0 Å². The summed E-state index contributed by atoms with van der Waals surface area (Å²) < 4.78 is 0. The van der Waals surface area contributed by atoms with Crippen LogP contribution in [0.1, 0.15) is 51.5 Å². The topological polar surface area (TPSA) is 49.3 Å². The first kappa shape index (κ1) is 15.7. The molecule has 0 bridgehead atoms. The fourth-order valence-electron chi connectivity index (χ4n) is 2.37. The molecule has 19 heavy (non-hydrogen) atoms. The second-order valence-electron chi connectivity index (χ2n) is 5.26. The van der Waals surface area contributed by atoms with E-state index in [9.17, 15) is 9.90 Å². The van der Waals surface area contributed by atoms with E-state index in [1.165, 1.54) is 16.7 Å². The molecule has 1 atom stereocenters. The van der Waals surface area contributed by atoms with E-state index < -0.39 is 0 Å². The summed E-state index contributed by atoms with van der Waals surface area (Å²) in [6.07, 6.45) is 0.726. The first-order valence-electron chi connectivity index (χ1n) is 6.83. The molecule has 1 amide bonds. The lowest BCUT2D eigenvalue weighted by atomic mass is 9.89. The van der Waals surface area contributed by atoms with Gasteiger partial charge in [0, 0.05) is 5.56 Å². The van der Waals surface area contributed by atoms with Crippen molar-refractivity contribution in [2.24, 2.45) is 0 Å². The maximum atomic E-state index is 12.4. The Morgan fingerprint density at radius 3 is 1.79 bits per heavy atom. The number of aliphatic hydroxyl groups excluding tert-OH is 1. The highest BCUT2D eigenvalue weighted by molar-refractivity contribution is 5.98. The molecule has 0 saturated carbocycles. The van der Waals surface area contributed by atoms with E-state index in [1.807, 2.05) is 20.8 Å². The lowest BCUT2D eigenvalue weighted by Gasteiger charge is -2.20. The maximum absolute atomic E-state index is 12.4. The summed E-state index contributed by atoms with van der Waals surface area (Å²) in [7, 11) is 0. The van der Waals surface area contributed by atoms with Crippen molar-refractivity contribution in [2.75, 3.05) is 6.61 Å². The zero-order valence-electron chi connectivity index (χ0n) is 12.8. The molecule has 0 radical (unpaired) electrons. The third-order valence-electron chi connectivity index (χ3n) is 4.28. The van der Waals surface area contributed by atoms with Gasteiger partial charge < -0.3 is 10.4 Å². The number of hydrogen-bond acceptors (Lipinski definition) is 2. The smallest absolute Gasteiger partial charge is 0.252 e. The minimum Gasteiger partial charge on any atom is -0.394 e. The van der Waals surface area contributed by atoms with Crippen LogP contribution in [0, 0.1) is 34.6 Å². The predicted octanol–water partition coefficient (Wildman–Crippen LogP) is 2.73. The highest BCUT2D eigenvalue weighted by Crippen LogP contribution is 2.26. The lowest BCUT2D eigenvalue weighted by Crippen LogP contribution is -2.37. The Morgan fingerprint density at radius 2 is 1.42 bits per heavy atom. The Balaban J connectivity index is 3.24. The number of nitrogens with one attached hydrogen (secondary N) is 1. The van der Waals surface area contributed by atoms with Gasteiger partial charge in [-0.05, 0) is 68.9 Å². The van der Waals surface area contributed by atoms with Crippen LogP contribution in [0.5, 0.6) is 0 Å². The molecule has 1 aromatic carbocycles. The molecule has 0 spiro atoms. The van der Waals surface area contributed by atoms with Crippen LogP contribution in [-0.2, 0) is 0 Å². The summed E-state index contributed by atoms with van der Waals surface area (Å²) in [5.41, 5.74) is 6.42. The third-order valence-corrected chi connectivity index (χ3v) is 4.28. The standard InChI is InChI=1S/C16H25NO2/c1-7-14(8-18)17-16(19)15-12(5)10(3)9(2)11(4)13(15)6/h14,18H,7-8H2,1-6H3,(H,17,19)/t14-/m1/s1. The molecule has 3 heteroatoms. The van der Waals surface area contributed by atoms with Gasteiger partial charge in [-0.1, -0.05) is 6.92 Å². The van der Waals surface area contributed by atoms with Crippen molar-refractivity contribution >= 4 is 5.91 Å². The number of aliphatic hydroxyl groups is 1. The summed E-state index contributed by atoms with van der Waals surface area (Å²) in [4.78, 5) is 12.4. The van der Waals surface area contributed by atoms with Gasteiger partial charge in [0.2, 0.25) is 0 Å². The van der Waals surface area contributed by atoms with E-state index in [-0.39, 0.29) is 18.6 Å². The monoisotopic (exact) mass is 263 g/mol. The summed E-state index contributed by atoms with van der Waals surface area (Å²) >= 11 is 0. The van der Waals surface area contributed by atoms with E-state index in [4.69, 9.17) is 0 Å². The van der Waals surface area contributed by atoms with Crippen LogP contribution in [0.4, 0.5) is 0 Å². The SMILES string of the molecule is CC[C@H](CO)NC(=O)c1c(C)c(C)c(C)c(C)c1C. The number of hydrogen-bond donors (Lipinski definition) is 2. The van der Waals surface area contributed by atoms with Crippen LogP contribution < -0.4 is 5.32 Å². The molecular formula is C16H25NO2. The highest BCUT2D eigenvalue weighted by atomic mass is 16.3. The van der Waals surface area contributed by atoms with Gasteiger partial charge in [-0.15, -0.1) is 0 Å². The van der Waals surface area contributed by atoms with Gasteiger partial charge in [-0.25, -0.2) is 0 Å². The van der Waals surface area contributed by atoms with Crippen molar-refractivity contribution in [2.45, 2.75) is 54.0 Å². The summed E-state index contributed by atoms with van der Waals surface area (Å²) in [6, 6.07) is -0.173. The fourth-order valence-corrected chi connectivity index (χ4v) is 2.37. The zero-order chi connectivity index (χ0) is 14.7. The molecule has 1 rings (SSSR count). The molecule has 1 aromatic rings. The molecule has 0 aliphatic carbocycles. The average molecular weight is 263 g/mol. The van der Waals surface area contributed by atoms with Gasteiger partial charge in [0.15, 0.2) is 0 Å². The average Bonchev–Trinajstić information content (AvgIpc) is 2.40. The summed E-state index contributed by atoms with van der Waals surface area (Å²) in [5, 5.41) is 12.1.